The van der Waals surface area contributed by atoms with Crippen LogP contribution in [0.5, 0.6) is 0 Å². The average molecular weight is 100 g/mol. The lowest BCUT2D eigenvalue weighted by Gasteiger charge is -2.34. The predicted molar refractivity (Wildman–Crippen MR) is 28.9 cm³/mol. The second-order valence-corrected chi connectivity index (χ2v) is 2.20. The van der Waals surface area contributed by atoms with Gasteiger partial charge in [-0.2, -0.15) is 7.05 Å². The Kier molecular flexibility index (Phi) is 1.30. The molecule has 0 aromatic carbocycles. The minimum absolute atomic E-state index is 0.778. The highest BCUT2D eigenvalue weighted by molar-refractivity contribution is 4.72. The standard InChI is InChI=1S/C5H12N2/c1-7(2)5-3-6-4-5/h5-7H,1,3-4H2,2H3. The van der Waals surface area contributed by atoms with Crippen LogP contribution >= 0.6 is 0 Å². The highest BCUT2D eigenvalue weighted by atomic mass is 15.2. The third-order valence-corrected chi connectivity index (χ3v) is 1.48. The van der Waals surface area contributed by atoms with Crippen molar-refractivity contribution in [1.82, 2.24) is 5.32 Å². The Morgan fingerprint density at radius 3 is 2.29 bits per heavy atom. The molecule has 0 aromatic rings. The lowest BCUT2D eigenvalue weighted by Crippen LogP contribution is -3.12. The normalized spacial score (nSPS) is 26.6. The van der Waals surface area contributed by atoms with Crippen molar-refractivity contribution in [3.8, 4) is 0 Å². The maximum atomic E-state index is 3.84. The summed E-state index contributed by atoms with van der Waals surface area (Å²) in [5.74, 6) is 0. The van der Waals surface area contributed by atoms with Gasteiger partial charge in [0.15, 0.2) is 0 Å². The molecule has 1 aliphatic rings. The maximum Gasteiger partial charge on any atom is 0.0886 e. The van der Waals surface area contributed by atoms with Crippen LogP contribution < -0.4 is 10.2 Å². The van der Waals surface area contributed by atoms with Gasteiger partial charge in [-0.25, -0.2) is 0 Å². The van der Waals surface area contributed by atoms with Gasteiger partial charge in [-0.1, -0.05) is 0 Å². The fourth-order valence-electron chi connectivity index (χ4n) is 0.637. The zero-order valence-electron chi connectivity index (χ0n) is 4.70. The minimum atomic E-state index is 0.778. The van der Waals surface area contributed by atoms with Crippen molar-refractivity contribution in [2.24, 2.45) is 0 Å². The van der Waals surface area contributed by atoms with E-state index in [4.69, 9.17) is 0 Å². The van der Waals surface area contributed by atoms with E-state index in [-0.39, 0.29) is 0 Å². The molecule has 2 heteroatoms. The van der Waals surface area contributed by atoms with Crippen LogP contribution in [0.1, 0.15) is 0 Å². The van der Waals surface area contributed by atoms with E-state index in [0.29, 0.717) is 0 Å². The number of nitrogens with one attached hydrogen (secondary N) is 2. The average Bonchev–Trinajstić information content (AvgIpc) is 1.23. The largest absolute Gasteiger partial charge is 0.466 e. The Hall–Kier alpha value is -0.0800. The predicted octanol–water partition coefficient (Wildman–Crippen LogP) is -1.74. The van der Waals surface area contributed by atoms with Gasteiger partial charge in [0.05, 0.1) is 6.04 Å². The number of hydrogen-bond acceptors (Lipinski definition) is 1. The molecule has 0 aromatic heterocycles. The monoisotopic (exact) mass is 100 g/mol. The van der Waals surface area contributed by atoms with Gasteiger partial charge in [0, 0.05) is 20.1 Å². The van der Waals surface area contributed by atoms with E-state index < -0.39 is 0 Å². The lowest BCUT2D eigenvalue weighted by atomic mass is 10.2. The van der Waals surface area contributed by atoms with Crippen LogP contribution in [-0.4, -0.2) is 26.2 Å². The number of rotatable bonds is 1. The van der Waals surface area contributed by atoms with Crippen LogP contribution in [0.25, 0.3) is 0 Å². The Morgan fingerprint density at radius 1 is 1.71 bits per heavy atom. The molecule has 42 valence electrons. The Bertz CT molecular complexity index is 57.1. The van der Waals surface area contributed by atoms with Crippen molar-refractivity contribution < 1.29 is 4.90 Å². The Labute approximate surface area is 44.5 Å². The highest BCUT2D eigenvalue weighted by Crippen LogP contribution is 1.81. The molecule has 0 radical (unpaired) electrons. The van der Waals surface area contributed by atoms with E-state index in [1.165, 1.54) is 4.90 Å². The molecule has 0 aliphatic carbocycles. The molecule has 1 heterocycles. The van der Waals surface area contributed by atoms with E-state index in [1.54, 1.807) is 0 Å². The SMILES string of the molecule is [CH2-][NH+](C)C1CNC1. The first-order valence-corrected chi connectivity index (χ1v) is 2.67. The van der Waals surface area contributed by atoms with Gasteiger partial charge in [-0.3, -0.25) is 0 Å². The third kappa shape index (κ3) is 0.924. The molecule has 2 N–H and O–H groups in total. The van der Waals surface area contributed by atoms with Crippen LogP contribution in [0.3, 0.4) is 0 Å². The van der Waals surface area contributed by atoms with Crippen molar-refractivity contribution in [3.05, 3.63) is 7.05 Å². The first-order valence-electron chi connectivity index (χ1n) is 2.67. The summed E-state index contributed by atoms with van der Waals surface area (Å²) >= 11 is 0. The topological polar surface area (TPSA) is 16.5 Å². The number of likely N-dealkylation sites (N-methyl/N-ethyl adjacent to an activating group) is 1. The smallest absolute Gasteiger partial charge is 0.0886 e. The molecule has 0 saturated carbocycles. The van der Waals surface area contributed by atoms with Crippen LogP contribution in [0.4, 0.5) is 0 Å². The van der Waals surface area contributed by atoms with E-state index in [2.05, 4.69) is 19.4 Å². The maximum absolute atomic E-state index is 3.84. The number of hydrogen-bond donors (Lipinski definition) is 2. The van der Waals surface area contributed by atoms with E-state index >= 15 is 0 Å². The van der Waals surface area contributed by atoms with Crippen molar-refractivity contribution in [3.63, 3.8) is 0 Å². The van der Waals surface area contributed by atoms with Crippen LogP contribution in [-0.2, 0) is 0 Å². The van der Waals surface area contributed by atoms with Gasteiger partial charge < -0.3 is 10.2 Å². The van der Waals surface area contributed by atoms with Crippen LogP contribution in [0.15, 0.2) is 0 Å². The molecular formula is C5H12N2. The molecule has 1 saturated heterocycles. The molecule has 1 unspecified atom stereocenters. The first kappa shape index (κ1) is 5.06. The zero-order chi connectivity index (χ0) is 5.28. The van der Waals surface area contributed by atoms with E-state index in [1.807, 2.05) is 0 Å². The molecule has 1 rings (SSSR count). The van der Waals surface area contributed by atoms with Gasteiger partial charge in [-0.05, 0) is 0 Å². The summed E-state index contributed by atoms with van der Waals surface area (Å²) in [4.78, 5) is 1.32. The van der Waals surface area contributed by atoms with Gasteiger partial charge in [-0.15, -0.1) is 0 Å². The minimum Gasteiger partial charge on any atom is -0.466 e. The Balaban J connectivity index is 2.14. The van der Waals surface area contributed by atoms with Crippen LogP contribution in [0, 0.1) is 7.05 Å². The van der Waals surface area contributed by atoms with Crippen molar-refractivity contribution >= 4 is 0 Å². The van der Waals surface area contributed by atoms with Gasteiger partial charge >= 0.3 is 0 Å². The molecule has 1 aliphatic heterocycles. The fraction of sp³-hybridized carbons (Fsp3) is 0.800. The quantitative estimate of drug-likeness (QED) is 0.374. The van der Waals surface area contributed by atoms with Gasteiger partial charge in [0.25, 0.3) is 0 Å². The molecule has 7 heavy (non-hydrogen) atoms. The summed E-state index contributed by atoms with van der Waals surface area (Å²) in [7, 11) is 5.93. The molecule has 2 nitrogen and oxygen atoms in total. The second-order valence-electron chi connectivity index (χ2n) is 2.20. The van der Waals surface area contributed by atoms with Gasteiger partial charge in [0.1, 0.15) is 0 Å². The lowest BCUT2D eigenvalue weighted by molar-refractivity contribution is -0.862. The fourth-order valence-corrected chi connectivity index (χ4v) is 0.637. The second kappa shape index (κ2) is 1.80. The number of quaternary nitrogens is 1. The van der Waals surface area contributed by atoms with E-state index in [0.717, 1.165) is 19.1 Å². The summed E-state index contributed by atoms with van der Waals surface area (Å²) in [6, 6.07) is 0.778. The van der Waals surface area contributed by atoms with E-state index in [9.17, 15) is 0 Å². The molecular weight excluding hydrogens is 88.1 g/mol. The summed E-state index contributed by atoms with van der Waals surface area (Å²) in [6.45, 7) is 2.30. The van der Waals surface area contributed by atoms with Gasteiger partial charge in [0.2, 0.25) is 0 Å². The highest BCUT2D eigenvalue weighted by Gasteiger charge is 2.18. The van der Waals surface area contributed by atoms with Crippen molar-refractivity contribution in [2.45, 2.75) is 6.04 Å². The molecule has 0 bridgehead atoms. The molecule has 1 fully saturated rings. The van der Waals surface area contributed by atoms with Crippen LogP contribution in [0.2, 0.25) is 0 Å². The van der Waals surface area contributed by atoms with Crippen molar-refractivity contribution in [2.75, 3.05) is 20.1 Å². The molecule has 0 amide bonds. The zero-order valence-corrected chi connectivity index (χ0v) is 4.70. The third-order valence-electron chi connectivity index (χ3n) is 1.48. The Morgan fingerprint density at radius 2 is 2.29 bits per heavy atom. The summed E-state index contributed by atoms with van der Waals surface area (Å²) in [5.41, 5.74) is 0. The van der Waals surface area contributed by atoms with Crippen molar-refractivity contribution in [1.29, 1.82) is 0 Å². The summed E-state index contributed by atoms with van der Waals surface area (Å²) in [6.07, 6.45) is 0. The molecule has 1 atom stereocenters. The molecule has 0 spiro atoms. The summed E-state index contributed by atoms with van der Waals surface area (Å²) < 4.78 is 0. The summed E-state index contributed by atoms with van der Waals surface area (Å²) in [5, 5.41) is 3.18. The first-order chi connectivity index (χ1) is 3.30.